The number of benzene rings is 1. The van der Waals surface area contributed by atoms with Crippen LogP contribution in [0.2, 0.25) is 0 Å². The van der Waals surface area contributed by atoms with Crippen LogP contribution in [0.15, 0.2) is 46.8 Å². The number of likely N-dealkylation sites (N-methyl/N-ethyl adjacent to an activating group) is 1. The third-order valence-corrected chi connectivity index (χ3v) is 4.35. The lowest BCUT2D eigenvalue weighted by Crippen LogP contribution is -2.39. The van der Waals surface area contributed by atoms with E-state index in [1.54, 1.807) is 0 Å². The van der Waals surface area contributed by atoms with Gasteiger partial charge in [-0.2, -0.15) is 0 Å². The predicted molar refractivity (Wildman–Crippen MR) is 107 cm³/mol. The van der Waals surface area contributed by atoms with Crippen molar-refractivity contribution >= 4 is 41.3 Å². The number of thiophene rings is 1. The molecule has 0 bridgehead atoms. The number of rotatable bonds is 5. The zero-order valence-corrected chi connectivity index (χ0v) is 16.5. The van der Waals surface area contributed by atoms with Gasteiger partial charge < -0.3 is 10.2 Å². The van der Waals surface area contributed by atoms with Gasteiger partial charge in [-0.1, -0.05) is 35.9 Å². The van der Waals surface area contributed by atoms with E-state index >= 15 is 0 Å². The van der Waals surface area contributed by atoms with Crippen LogP contribution in [0.25, 0.3) is 0 Å². The molecule has 0 aliphatic rings. The van der Waals surface area contributed by atoms with Gasteiger partial charge in [0, 0.05) is 32.1 Å². The maximum Gasteiger partial charge on any atom is 0.193 e. The molecule has 1 aromatic heterocycles. The minimum atomic E-state index is 0. The van der Waals surface area contributed by atoms with Gasteiger partial charge in [0.2, 0.25) is 0 Å². The molecule has 22 heavy (non-hydrogen) atoms. The number of hydrogen-bond donors (Lipinski definition) is 1. The molecule has 5 heteroatoms. The quantitative estimate of drug-likeness (QED) is 0.443. The Morgan fingerprint density at radius 3 is 2.55 bits per heavy atom. The number of guanidine groups is 1. The van der Waals surface area contributed by atoms with Crippen LogP contribution in [-0.2, 0) is 13.0 Å². The lowest BCUT2D eigenvalue weighted by molar-refractivity contribution is 0.486. The Labute approximate surface area is 154 Å². The molecule has 0 spiro atoms. The number of hydrogen-bond acceptors (Lipinski definition) is 2. The maximum atomic E-state index is 4.36. The molecule has 0 unspecified atom stereocenters. The highest BCUT2D eigenvalue weighted by Gasteiger charge is 2.06. The molecule has 0 saturated heterocycles. The molecular weight excluding hydrogens is 405 g/mol. The van der Waals surface area contributed by atoms with E-state index in [0.717, 1.165) is 25.5 Å². The summed E-state index contributed by atoms with van der Waals surface area (Å²) in [5.41, 5.74) is 2.56. The summed E-state index contributed by atoms with van der Waals surface area (Å²) in [6, 6.07) is 12.9. The minimum Gasteiger partial charge on any atom is -0.352 e. The zero-order chi connectivity index (χ0) is 15.1. The summed E-state index contributed by atoms with van der Waals surface area (Å²) in [5.74, 6) is 0.937. The molecule has 0 amide bonds. The molecule has 1 aromatic carbocycles. The van der Waals surface area contributed by atoms with Crippen molar-refractivity contribution in [3.63, 3.8) is 0 Å². The van der Waals surface area contributed by atoms with E-state index < -0.39 is 0 Å². The van der Waals surface area contributed by atoms with Crippen LogP contribution in [0.3, 0.4) is 0 Å². The first-order valence-electron chi connectivity index (χ1n) is 7.19. The Balaban J connectivity index is 0.00000242. The first-order valence-corrected chi connectivity index (χ1v) is 8.06. The van der Waals surface area contributed by atoms with Crippen molar-refractivity contribution < 1.29 is 0 Å². The summed E-state index contributed by atoms with van der Waals surface area (Å²) in [5, 5.41) is 5.54. The highest BCUT2D eigenvalue weighted by atomic mass is 127. The van der Waals surface area contributed by atoms with E-state index in [0.29, 0.717) is 0 Å². The fourth-order valence-corrected chi connectivity index (χ4v) is 2.81. The average molecular weight is 429 g/mol. The molecule has 0 aliphatic heterocycles. The van der Waals surface area contributed by atoms with Crippen LogP contribution in [0.5, 0.6) is 0 Å². The van der Waals surface area contributed by atoms with Crippen LogP contribution in [0.1, 0.15) is 16.0 Å². The van der Waals surface area contributed by atoms with Crippen molar-refractivity contribution in [2.45, 2.75) is 19.9 Å². The second kappa shape index (κ2) is 9.84. The van der Waals surface area contributed by atoms with E-state index in [4.69, 9.17) is 0 Å². The molecule has 0 aliphatic carbocycles. The van der Waals surface area contributed by atoms with Gasteiger partial charge in [0.05, 0.1) is 0 Å². The Kier molecular flexibility index (Phi) is 8.48. The topological polar surface area (TPSA) is 27.6 Å². The van der Waals surface area contributed by atoms with Crippen molar-refractivity contribution in [1.82, 2.24) is 10.2 Å². The minimum absolute atomic E-state index is 0. The molecule has 3 nitrogen and oxygen atoms in total. The number of halogens is 1. The molecule has 0 radical (unpaired) electrons. The Bertz CT molecular complexity index is 564. The normalized spacial score (nSPS) is 11.0. The van der Waals surface area contributed by atoms with E-state index in [1.807, 2.05) is 18.4 Å². The van der Waals surface area contributed by atoms with Gasteiger partial charge >= 0.3 is 0 Å². The Morgan fingerprint density at radius 1 is 1.23 bits per heavy atom. The molecule has 0 atom stereocenters. The fraction of sp³-hybridized carbons (Fsp3) is 0.353. The van der Waals surface area contributed by atoms with E-state index in [2.05, 4.69) is 71.0 Å². The van der Waals surface area contributed by atoms with Crippen LogP contribution in [0, 0.1) is 6.92 Å². The van der Waals surface area contributed by atoms with E-state index in [-0.39, 0.29) is 24.0 Å². The van der Waals surface area contributed by atoms with Crippen molar-refractivity contribution in [3.8, 4) is 0 Å². The van der Waals surface area contributed by atoms with Crippen molar-refractivity contribution in [2.24, 2.45) is 4.99 Å². The van der Waals surface area contributed by atoms with Crippen molar-refractivity contribution in [2.75, 3.05) is 20.6 Å². The molecule has 120 valence electrons. The van der Waals surface area contributed by atoms with E-state index in [1.165, 1.54) is 16.0 Å². The second-order valence-corrected chi connectivity index (χ2v) is 6.17. The van der Waals surface area contributed by atoms with Gasteiger partial charge in [0.15, 0.2) is 5.96 Å². The largest absolute Gasteiger partial charge is 0.352 e. The third kappa shape index (κ3) is 5.96. The summed E-state index contributed by atoms with van der Waals surface area (Å²) >= 11 is 1.81. The molecule has 0 fully saturated rings. The van der Waals surface area contributed by atoms with Crippen LogP contribution < -0.4 is 5.32 Å². The second-order valence-electron chi connectivity index (χ2n) is 5.14. The third-order valence-electron chi connectivity index (χ3n) is 3.42. The zero-order valence-electron chi connectivity index (χ0n) is 13.4. The maximum absolute atomic E-state index is 4.36. The Morgan fingerprint density at radius 2 is 1.95 bits per heavy atom. The smallest absolute Gasteiger partial charge is 0.193 e. The van der Waals surface area contributed by atoms with Crippen LogP contribution >= 0.6 is 35.3 Å². The average Bonchev–Trinajstić information content (AvgIpc) is 3.01. The Hall–Kier alpha value is -1.08. The number of nitrogens with zero attached hydrogens (tertiary/aromatic N) is 2. The summed E-state index contributed by atoms with van der Waals surface area (Å²) < 4.78 is 0. The van der Waals surface area contributed by atoms with Gasteiger partial charge in [0.25, 0.3) is 0 Å². The highest BCUT2D eigenvalue weighted by Crippen LogP contribution is 2.09. The van der Waals surface area contributed by atoms with Gasteiger partial charge in [0.1, 0.15) is 0 Å². The molecule has 1 N–H and O–H groups in total. The first-order chi connectivity index (χ1) is 10.2. The monoisotopic (exact) mass is 429 g/mol. The number of aryl methyl sites for hydroxylation is 1. The molecular formula is C17H24IN3S. The highest BCUT2D eigenvalue weighted by molar-refractivity contribution is 14.0. The van der Waals surface area contributed by atoms with Gasteiger partial charge in [-0.25, -0.2) is 0 Å². The van der Waals surface area contributed by atoms with Crippen molar-refractivity contribution in [3.05, 3.63) is 57.8 Å². The molecule has 2 rings (SSSR count). The fourth-order valence-electron chi connectivity index (χ4n) is 2.11. The van der Waals surface area contributed by atoms with Gasteiger partial charge in [-0.3, -0.25) is 4.99 Å². The molecule has 0 saturated carbocycles. The van der Waals surface area contributed by atoms with E-state index in [9.17, 15) is 0 Å². The van der Waals surface area contributed by atoms with Crippen molar-refractivity contribution in [1.29, 1.82) is 0 Å². The summed E-state index contributed by atoms with van der Waals surface area (Å²) in [6.07, 6.45) is 1.05. The lowest BCUT2D eigenvalue weighted by Gasteiger charge is -2.22. The van der Waals surface area contributed by atoms with Crippen LogP contribution in [-0.4, -0.2) is 31.5 Å². The number of aliphatic imine (C=N–C) groups is 1. The lowest BCUT2D eigenvalue weighted by atomic mass is 10.1. The van der Waals surface area contributed by atoms with Gasteiger partial charge in [-0.05, 0) is 30.4 Å². The summed E-state index contributed by atoms with van der Waals surface area (Å²) in [6.45, 7) is 3.87. The SMILES string of the molecule is CN=C(NCc1ccc(C)cc1)N(C)CCc1cccs1.I. The standard InChI is InChI=1S/C17H23N3S.HI/c1-14-6-8-15(9-7-14)13-19-17(18-2)20(3)11-10-16-5-4-12-21-16;/h4-9,12H,10-11,13H2,1-3H3,(H,18,19);1H. The summed E-state index contributed by atoms with van der Waals surface area (Å²) in [7, 11) is 3.91. The van der Waals surface area contributed by atoms with Crippen LogP contribution in [0.4, 0.5) is 0 Å². The predicted octanol–water partition coefficient (Wildman–Crippen LogP) is 3.92. The number of nitrogens with one attached hydrogen (secondary N) is 1. The molecule has 2 aromatic rings. The van der Waals surface area contributed by atoms with Gasteiger partial charge in [-0.15, -0.1) is 35.3 Å². The first kappa shape index (κ1) is 19.0. The molecule has 1 heterocycles. The summed E-state index contributed by atoms with van der Waals surface area (Å²) in [4.78, 5) is 7.94.